The van der Waals surface area contributed by atoms with E-state index in [-0.39, 0.29) is 0 Å². The van der Waals surface area contributed by atoms with Crippen LogP contribution in [0.4, 0.5) is 5.82 Å². The fourth-order valence-corrected chi connectivity index (χ4v) is 1.58. The van der Waals surface area contributed by atoms with Gasteiger partial charge in [-0.25, -0.2) is 4.98 Å². The molecule has 0 unspecified atom stereocenters. The average molecular weight is 160 g/mol. The molecule has 1 aliphatic rings. The molecule has 1 aromatic heterocycles. The number of nitrogens with two attached hydrogens (primary N) is 1. The minimum Gasteiger partial charge on any atom is -0.384 e. The van der Waals surface area contributed by atoms with Crippen molar-refractivity contribution >= 4 is 11.4 Å². The van der Waals surface area contributed by atoms with Gasteiger partial charge in [0.1, 0.15) is 5.82 Å². The van der Waals surface area contributed by atoms with Gasteiger partial charge in [0.2, 0.25) is 0 Å². The Kier molecular flexibility index (Phi) is 1.82. The summed E-state index contributed by atoms with van der Waals surface area (Å²) in [4.78, 5) is 3.96. The van der Waals surface area contributed by atoms with E-state index in [2.05, 4.69) is 11.1 Å². The summed E-state index contributed by atoms with van der Waals surface area (Å²) in [6.45, 7) is 0. The second kappa shape index (κ2) is 2.97. The first kappa shape index (κ1) is 7.35. The van der Waals surface area contributed by atoms with Crippen molar-refractivity contribution in [2.45, 2.75) is 19.3 Å². The van der Waals surface area contributed by atoms with Gasteiger partial charge >= 0.3 is 0 Å². The molecular weight excluding hydrogens is 148 g/mol. The van der Waals surface area contributed by atoms with Crippen molar-refractivity contribution in [3.05, 3.63) is 30.0 Å². The summed E-state index contributed by atoms with van der Waals surface area (Å²) in [5.74, 6) is 0.611. The molecule has 12 heavy (non-hydrogen) atoms. The molecule has 0 radical (unpaired) electrons. The Morgan fingerprint density at radius 3 is 3.00 bits per heavy atom. The van der Waals surface area contributed by atoms with Crippen LogP contribution in [-0.4, -0.2) is 4.98 Å². The molecule has 0 saturated carbocycles. The van der Waals surface area contributed by atoms with Crippen molar-refractivity contribution in [3.63, 3.8) is 0 Å². The number of rotatable bonds is 1. The highest BCUT2D eigenvalue weighted by molar-refractivity contribution is 5.68. The number of allylic oxidation sites excluding steroid dienone is 2. The molecule has 0 bridgehead atoms. The lowest BCUT2D eigenvalue weighted by molar-refractivity contribution is 0.935. The van der Waals surface area contributed by atoms with E-state index in [1.54, 1.807) is 6.20 Å². The van der Waals surface area contributed by atoms with E-state index in [1.807, 2.05) is 12.1 Å². The van der Waals surface area contributed by atoms with E-state index in [0.717, 1.165) is 0 Å². The number of nitrogen functional groups attached to an aromatic ring is 1. The van der Waals surface area contributed by atoms with Crippen molar-refractivity contribution < 1.29 is 0 Å². The highest BCUT2D eigenvalue weighted by Crippen LogP contribution is 2.27. The molecule has 0 spiro atoms. The number of nitrogens with zero attached hydrogens (tertiary/aromatic N) is 1. The van der Waals surface area contributed by atoms with E-state index < -0.39 is 0 Å². The first-order valence-electron chi connectivity index (χ1n) is 4.27. The van der Waals surface area contributed by atoms with Crippen LogP contribution in [0.25, 0.3) is 5.57 Å². The van der Waals surface area contributed by atoms with Gasteiger partial charge in [-0.15, -0.1) is 0 Å². The topological polar surface area (TPSA) is 38.9 Å². The molecule has 0 fully saturated rings. The van der Waals surface area contributed by atoms with Crippen LogP contribution in [0.1, 0.15) is 24.8 Å². The van der Waals surface area contributed by atoms with Crippen LogP contribution >= 0.6 is 0 Å². The first-order chi connectivity index (χ1) is 5.86. The van der Waals surface area contributed by atoms with Crippen LogP contribution in [0.2, 0.25) is 0 Å². The maximum absolute atomic E-state index is 5.59. The SMILES string of the molecule is Nc1cc(C2=CCCC2)ccn1. The number of anilines is 1. The number of pyridine rings is 1. The molecule has 2 nitrogen and oxygen atoms in total. The van der Waals surface area contributed by atoms with Crippen LogP contribution in [0.15, 0.2) is 24.4 Å². The fourth-order valence-electron chi connectivity index (χ4n) is 1.58. The Labute approximate surface area is 72.1 Å². The Hall–Kier alpha value is -1.31. The minimum absolute atomic E-state index is 0.611. The van der Waals surface area contributed by atoms with E-state index >= 15 is 0 Å². The molecule has 0 amide bonds. The van der Waals surface area contributed by atoms with Gasteiger partial charge < -0.3 is 5.73 Å². The lowest BCUT2D eigenvalue weighted by Crippen LogP contribution is -1.90. The van der Waals surface area contributed by atoms with Crippen LogP contribution in [0.3, 0.4) is 0 Å². The molecule has 0 atom stereocenters. The number of hydrogen-bond acceptors (Lipinski definition) is 2. The maximum atomic E-state index is 5.59. The van der Waals surface area contributed by atoms with Crippen LogP contribution < -0.4 is 5.73 Å². The molecule has 2 heteroatoms. The zero-order valence-electron chi connectivity index (χ0n) is 6.96. The molecule has 1 heterocycles. The van der Waals surface area contributed by atoms with E-state index in [0.29, 0.717) is 5.82 Å². The third-order valence-electron chi connectivity index (χ3n) is 2.19. The summed E-state index contributed by atoms with van der Waals surface area (Å²) < 4.78 is 0. The van der Waals surface area contributed by atoms with Crippen LogP contribution in [0, 0.1) is 0 Å². The highest BCUT2D eigenvalue weighted by atomic mass is 14.8. The van der Waals surface area contributed by atoms with Crippen molar-refractivity contribution in [2.24, 2.45) is 0 Å². The molecule has 1 aliphatic carbocycles. The molecular formula is C10H12N2. The lowest BCUT2D eigenvalue weighted by Gasteiger charge is -2.01. The molecule has 2 rings (SSSR count). The summed E-state index contributed by atoms with van der Waals surface area (Å²) in [6.07, 6.45) is 7.72. The van der Waals surface area contributed by atoms with Crippen LogP contribution in [0.5, 0.6) is 0 Å². The third-order valence-corrected chi connectivity index (χ3v) is 2.19. The molecule has 0 aliphatic heterocycles. The summed E-state index contributed by atoms with van der Waals surface area (Å²) in [5.41, 5.74) is 8.24. The van der Waals surface area contributed by atoms with Gasteiger partial charge in [-0.3, -0.25) is 0 Å². The third kappa shape index (κ3) is 1.33. The van der Waals surface area contributed by atoms with Gasteiger partial charge in [0, 0.05) is 6.20 Å². The van der Waals surface area contributed by atoms with Gasteiger partial charge in [-0.1, -0.05) is 6.08 Å². The second-order valence-corrected chi connectivity index (χ2v) is 3.09. The number of hydrogen-bond donors (Lipinski definition) is 1. The van der Waals surface area contributed by atoms with E-state index in [4.69, 9.17) is 5.73 Å². The van der Waals surface area contributed by atoms with Gasteiger partial charge in [-0.05, 0) is 42.5 Å². The highest BCUT2D eigenvalue weighted by Gasteiger charge is 2.06. The summed E-state index contributed by atoms with van der Waals surface area (Å²) in [7, 11) is 0. The first-order valence-corrected chi connectivity index (χ1v) is 4.27. The molecule has 1 aromatic rings. The zero-order chi connectivity index (χ0) is 8.39. The monoisotopic (exact) mass is 160 g/mol. The van der Waals surface area contributed by atoms with Crippen molar-refractivity contribution in [2.75, 3.05) is 5.73 Å². The van der Waals surface area contributed by atoms with Gasteiger partial charge in [0.25, 0.3) is 0 Å². The fraction of sp³-hybridized carbons (Fsp3) is 0.300. The average Bonchev–Trinajstić information content (AvgIpc) is 2.56. The molecule has 62 valence electrons. The zero-order valence-corrected chi connectivity index (χ0v) is 6.96. The Balaban J connectivity index is 2.33. The largest absolute Gasteiger partial charge is 0.384 e. The quantitative estimate of drug-likeness (QED) is 0.684. The van der Waals surface area contributed by atoms with Gasteiger partial charge in [0.15, 0.2) is 0 Å². The Bertz CT molecular complexity index is 315. The van der Waals surface area contributed by atoms with Crippen molar-refractivity contribution in [3.8, 4) is 0 Å². The Morgan fingerprint density at radius 1 is 1.42 bits per heavy atom. The predicted molar refractivity (Wildman–Crippen MR) is 50.5 cm³/mol. The summed E-state index contributed by atoms with van der Waals surface area (Å²) >= 11 is 0. The number of aromatic nitrogens is 1. The minimum atomic E-state index is 0.611. The standard InChI is InChI=1S/C10H12N2/c11-10-7-9(5-6-12-10)8-3-1-2-4-8/h3,5-7H,1-2,4H2,(H2,11,12). The van der Waals surface area contributed by atoms with Crippen molar-refractivity contribution in [1.29, 1.82) is 0 Å². The van der Waals surface area contributed by atoms with Gasteiger partial charge in [-0.2, -0.15) is 0 Å². The van der Waals surface area contributed by atoms with Crippen LogP contribution in [-0.2, 0) is 0 Å². The molecule has 0 saturated heterocycles. The predicted octanol–water partition coefficient (Wildman–Crippen LogP) is 2.23. The molecule has 2 N–H and O–H groups in total. The lowest BCUT2D eigenvalue weighted by atomic mass is 10.1. The Morgan fingerprint density at radius 2 is 2.33 bits per heavy atom. The summed E-state index contributed by atoms with van der Waals surface area (Å²) in [5, 5.41) is 0. The normalized spacial score (nSPS) is 16.2. The van der Waals surface area contributed by atoms with E-state index in [1.165, 1.54) is 30.4 Å². The smallest absolute Gasteiger partial charge is 0.123 e. The maximum Gasteiger partial charge on any atom is 0.123 e. The van der Waals surface area contributed by atoms with Gasteiger partial charge in [0.05, 0.1) is 0 Å². The second-order valence-electron chi connectivity index (χ2n) is 3.09. The van der Waals surface area contributed by atoms with Crippen molar-refractivity contribution in [1.82, 2.24) is 4.98 Å². The summed E-state index contributed by atoms with van der Waals surface area (Å²) in [6, 6.07) is 3.96. The van der Waals surface area contributed by atoms with E-state index in [9.17, 15) is 0 Å². The molecule has 0 aromatic carbocycles.